The van der Waals surface area contributed by atoms with Gasteiger partial charge in [-0.3, -0.25) is 0 Å². The Hall–Kier alpha value is -2.09. The van der Waals surface area contributed by atoms with Gasteiger partial charge in [-0.15, -0.1) is 11.3 Å². The highest BCUT2D eigenvalue weighted by atomic mass is 32.1. The van der Waals surface area contributed by atoms with Gasteiger partial charge >= 0.3 is 0 Å². The monoisotopic (exact) mass is 402 g/mol. The largest absolute Gasteiger partial charge is 0.383 e. The molecule has 2 heterocycles. The lowest BCUT2D eigenvalue weighted by Crippen LogP contribution is -2.44. The van der Waals surface area contributed by atoms with E-state index in [1.807, 2.05) is 31.4 Å². The molecular weight excluding hydrogens is 372 g/mol. The number of hydrogen-bond acceptors (Lipinski definition) is 5. The Bertz CT molecular complexity index is 756. The summed E-state index contributed by atoms with van der Waals surface area (Å²) < 4.78 is 5.47. The Morgan fingerprint density at radius 1 is 1.21 bits per heavy atom. The van der Waals surface area contributed by atoms with Crippen LogP contribution in [0.25, 0.3) is 0 Å². The van der Waals surface area contributed by atoms with Gasteiger partial charge < -0.3 is 25.4 Å². The number of aliphatic imine (C=N–C) groups is 1. The van der Waals surface area contributed by atoms with Crippen LogP contribution in [0.4, 0.5) is 5.69 Å². The van der Waals surface area contributed by atoms with Gasteiger partial charge in [-0.05, 0) is 36.9 Å². The van der Waals surface area contributed by atoms with Gasteiger partial charge in [0.15, 0.2) is 5.96 Å². The average Bonchev–Trinajstić information content (AvgIpc) is 3.27. The van der Waals surface area contributed by atoms with E-state index in [9.17, 15) is 5.11 Å². The van der Waals surface area contributed by atoms with Crippen molar-refractivity contribution in [3.05, 3.63) is 52.2 Å². The number of hydrogen-bond donors (Lipinski definition) is 3. The lowest BCUT2D eigenvalue weighted by Gasteiger charge is -2.30. The highest BCUT2D eigenvalue weighted by Gasteiger charge is 2.24. The summed E-state index contributed by atoms with van der Waals surface area (Å²) in [5, 5.41) is 19.3. The fraction of sp³-hybridized carbons (Fsp3) is 0.476. The summed E-state index contributed by atoms with van der Waals surface area (Å²) in [5.74, 6) is 0.705. The van der Waals surface area contributed by atoms with Crippen LogP contribution < -0.4 is 15.5 Å². The van der Waals surface area contributed by atoms with Crippen LogP contribution in [0.15, 0.2) is 46.8 Å². The van der Waals surface area contributed by atoms with Crippen molar-refractivity contribution in [2.24, 2.45) is 4.99 Å². The van der Waals surface area contributed by atoms with Crippen LogP contribution in [0, 0.1) is 0 Å². The van der Waals surface area contributed by atoms with Crippen LogP contribution >= 0.6 is 11.3 Å². The van der Waals surface area contributed by atoms with E-state index in [-0.39, 0.29) is 0 Å². The third-order valence-corrected chi connectivity index (χ3v) is 5.87. The van der Waals surface area contributed by atoms with Gasteiger partial charge in [0.2, 0.25) is 0 Å². The minimum absolute atomic E-state index is 0.393. The van der Waals surface area contributed by atoms with Crippen molar-refractivity contribution < 1.29 is 9.84 Å². The van der Waals surface area contributed by atoms with Gasteiger partial charge in [-0.2, -0.15) is 0 Å². The first kappa shape index (κ1) is 20.6. The molecule has 152 valence electrons. The molecule has 0 spiro atoms. The number of morpholine rings is 1. The molecule has 1 aliphatic heterocycles. The number of thiophene rings is 1. The minimum Gasteiger partial charge on any atom is -0.383 e. The predicted octanol–water partition coefficient (Wildman–Crippen LogP) is 2.55. The summed E-state index contributed by atoms with van der Waals surface area (Å²) in [4.78, 5) is 8.05. The number of para-hydroxylation sites is 1. The molecule has 0 amide bonds. The van der Waals surface area contributed by atoms with E-state index in [2.05, 4.69) is 39.8 Å². The molecule has 1 fully saturated rings. The number of ether oxygens (including phenoxy) is 1. The maximum absolute atomic E-state index is 10.7. The van der Waals surface area contributed by atoms with Gasteiger partial charge in [-0.1, -0.05) is 24.3 Å². The number of anilines is 1. The Balaban J connectivity index is 1.68. The first-order chi connectivity index (χ1) is 13.6. The molecular formula is C21H30N4O2S. The highest BCUT2D eigenvalue weighted by Crippen LogP contribution is 2.24. The number of aliphatic hydroxyl groups is 1. The quantitative estimate of drug-likeness (QED) is 0.491. The van der Waals surface area contributed by atoms with E-state index in [1.54, 1.807) is 11.3 Å². The van der Waals surface area contributed by atoms with Crippen LogP contribution in [0.2, 0.25) is 0 Å². The first-order valence-corrected chi connectivity index (χ1v) is 10.7. The Labute approximate surface area is 171 Å². The number of benzene rings is 1. The zero-order chi connectivity index (χ0) is 19.8. The molecule has 1 atom stereocenters. The van der Waals surface area contributed by atoms with Gasteiger partial charge in [0.25, 0.3) is 0 Å². The summed E-state index contributed by atoms with van der Waals surface area (Å²) >= 11 is 1.56. The molecule has 6 nitrogen and oxygen atoms in total. The lowest BCUT2D eigenvalue weighted by atomic mass is 10.1. The molecule has 1 aliphatic rings. The molecule has 1 aromatic carbocycles. The van der Waals surface area contributed by atoms with Crippen LogP contribution in [0.5, 0.6) is 0 Å². The third-order valence-electron chi connectivity index (χ3n) is 4.75. The zero-order valence-electron chi connectivity index (χ0n) is 16.6. The smallest absolute Gasteiger partial charge is 0.191 e. The molecule has 0 aliphatic carbocycles. The second-order valence-electron chi connectivity index (χ2n) is 7.03. The SMILES string of the molecule is CCNC(=NCc1ccccc1N1CCOCC1)NCC(C)(O)c1cccs1. The van der Waals surface area contributed by atoms with E-state index in [0.29, 0.717) is 19.0 Å². The molecule has 7 heteroatoms. The maximum atomic E-state index is 10.7. The molecule has 0 saturated carbocycles. The first-order valence-electron chi connectivity index (χ1n) is 9.79. The molecule has 2 aromatic rings. The normalized spacial score (nSPS) is 17.2. The number of nitrogens with zero attached hydrogens (tertiary/aromatic N) is 2. The summed E-state index contributed by atoms with van der Waals surface area (Å²) in [6.45, 7) is 8.93. The molecule has 1 unspecified atom stereocenters. The van der Waals surface area contributed by atoms with Crippen LogP contribution in [0.3, 0.4) is 0 Å². The van der Waals surface area contributed by atoms with Gasteiger partial charge in [0, 0.05) is 30.2 Å². The lowest BCUT2D eigenvalue weighted by molar-refractivity contribution is 0.0655. The van der Waals surface area contributed by atoms with E-state index in [0.717, 1.165) is 37.7 Å². The fourth-order valence-corrected chi connectivity index (χ4v) is 3.98. The molecule has 3 N–H and O–H groups in total. The van der Waals surface area contributed by atoms with Crippen LogP contribution in [-0.2, 0) is 16.9 Å². The van der Waals surface area contributed by atoms with Gasteiger partial charge in [0.05, 0.1) is 26.3 Å². The van der Waals surface area contributed by atoms with Gasteiger partial charge in [0.1, 0.15) is 5.60 Å². The Morgan fingerprint density at radius 2 is 2.00 bits per heavy atom. The molecule has 1 aromatic heterocycles. The van der Waals surface area contributed by atoms with E-state index < -0.39 is 5.60 Å². The van der Waals surface area contributed by atoms with Crippen LogP contribution in [-0.4, -0.2) is 50.5 Å². The molecule has 3 rings (SSSR count). The van der Waals surface area contributed by atoms with E-state index in [1.165, 1.54) is 11.3 Å². The highest BCUT2D eigenvalue weighted by molar-refractivity contribution is 7.10. The average molecular weight is 403 g/mol. The van der Waals surface area contributed by atoms with Crippen molar-refractivity contribution >= 4 is 23.0 Å². The van der Waals surface area contributed by atoms with Crippen molar-refractivity contribution in [1.29, 1.82) is 0 Å². The van der Waals surface area contributed by atoms with Crippen molar-refractivity contribution in [3.63, 3.8) is 0 Å². The summed E-state index contributed by atoms with van der Waals surface area (Å²) in [7, 11) is 0. The minimum atomic E-state index is -0.934. The van der Waals surface area contributed by atoms with Crippen molar-refractivity contribution in [3.8, 4) is 0 Å². The molecule has 0 bridgehead atoms. The second-order valence-corrected chi connectivity index (χ2v) is 7.98. The van der Waals surface area contributed by atoms with Crippen molar-refractivity contribution in [2.45, 2.75) is 26.0 Å². The maximum Gasteiger partial charge on any atom is 0.191 e. The molecule has 28 heavy (non-hydrogen) atoms. The Kier molecular flexibility index (Phi) is 7.30. The van der Waals surface area contributed by atoms with Crippen LogP contribution in [0.1, 0.15) is 24.3 Å². The van der Waals surface area contributed by atoms with Gasteiger partial charge in [-0.25, -0.2) is 4.99 Å². The predicted molar refractivity (Wildman–Crippen MR) is 116 cm³/mol. The standard InChI is InChI=1S/C21H30N4O2S/c1-3-22-20(24-16-21(2,26)19-9-6-14-28-19)23-15-17-7-4-5-8-18(17)25-10-12-27-13-11-25/h4-9,14,26H,3,10-13,15-16H2,1-2H3,(H2,22,23,24). The Morgan fingerprint density at radius 3 is 2.71 bits per heavy atom. The second kappa shape index (κ2) is 9.91. The fourth-order valence-electron chi connectivity index (χ4n) is 3.19. The summed E-state index contributed by atoms with van der Waals surface area (Å²) in [5.41, 5.74) is 1.47. The van der Waals surface area contributed by atoms with Crippen molar-refractivity contribution in [2.75, 3.05) is 44.3 Å². The number of guanidine groups is 1. The number of nitrogens with one attached hydrogen (secondary N) is 2. The van der Waals surface area contributed by atoms with Crippen molar-refractivity contribution in [1.82, 2.24) is 10.6 Å². The number of rotatable bonds is 7. The summed E-state index contributed by atoms with van der Waals surface area (Å²) in [6, 6.07) is 12.3. The summed E-state index contributed by atoms with van der Waals surface area (Å²) in [6.07, 6.45) is 0. The van der Waals surface area contributed by atoms with E-state index in [4.69, 9.17) is 9.73 Å². The molecule has 0 radical (unpaired) electrons. The topological polar surface area (TPSA) is 69.1 Å². The van der Waals surface area contributed by atoms with E-state index >= 15 is 0 Å². The molecule has 1 saturated heterocycles. The zero-order valence-corrected chi connectivity index (χ0v) is 17.5. The third kappa shape index (κ3) is 5.47.